The van der Waals surface area contributed by atoms with E-state index >= 15 is 0 Å². The van der Waals surface area contributed by atoms with Crippen LogP contribution in [0.4, 0.5) is 0 Å². The molecule has 0 fully saturated rings. The molecule has 0 saturated heterocycles. The molecule has 0 aliphatic rings. The summed E-state index contributed by atoms with van der Waals surface area (Å²) in [7, 11) is -0.462. The predicted molar refractivity (Wildman–Crippen MR) is 93.2 cm³/mol. The number of sulfonamides is 1. The van der Waals surface area contributed by atoms with Crippen molar-refractivity contribution in [3.63, 3.8) is 0 Å². The van der Waals surface area contributed by atoms with Gasteiger partial charge in [-0.2, -0.15) is 0 Å². The third-order valence-electron chi connectivity index (χ3n) is 4.22. The summed E-state index contributed by atoms with van der Waals surface area (Å²) >= 11 is 0. The lowest BCUT2D eigenvalue weighted by Crippen LogP contribution is -2.36. The number of carbonyl (C=O) groups is 1. The minimum absolute atomic E-state index is 0.0912. The van der Waals surface area contributed by atoms with Crippen molar-refractivity contribution in [3.8, 4) is 0 Å². The molecule has 0 aliphatic heterocycles. The van der Waals surface area contributed by atoms with Gasteiger partial charge in [-0.1, -0.05) is 13.8 Å². The van der Waals surface area contributed by atoms with Crippen molar-refractivity contribution >= 4 is 15.9 Å². The van der Waals surface area contributed by atoms with Crippen LogP contribution in [0.25, 0.3) is 0 Å². The summed E-state index contributed by atoms with van der Waals surface area (Å²) in [5, 5.41) is 0. The van der Waals surface area contributed by atoms with Crippen molar-refractivity contribution in [2.75, 3.05) is 14.1 Å². The van der Waals surface area contributed by atoms with Gasteiger partial charge < -0.3 is 4.90 Å². The largest absolute Gasteiger partial charge is 0.339 e. The Morgan fingerprint density at radius 2 is 1.78 bits per heavy atom. The average Bonchev–Trinajstić information content (AvgIpc) is 2.47. The SMILES string of the molecule is CNS(=O)(=O)c1cc(C(=O)N(C)C(C)CC(C)C)cc(C)c1C. The summed E-state index contributed by atoms with van der Waals surface area (Å²) < 4.78 is 26.6. The van der Waals surface area contributed by atoms with E-state index < -0.39 is 10.0 Å². The number of rotatable bonds is 6. The quantitative estimate of drug-likeness (QED) is 0.866. The maximum Gasteiger partial charge on any atom is 0.253 e. The second-order valence-electron chi connectivity index (χ2n) is 6.52. The highest BCUT2D eigenvalue weighted by molar-refractivity contribution is 7.89. The van der Waals surface area contributed by atoms with Crippen LogP contribution >= 0.6 is 0 Å². The minimum Gasteiger partial charge on any atom is -0.339 e. The first-order chi connectivity index (χ1) is 10.5. The van der Waals surface area contributed by atoms with E-state index in [-0.39, 0.29) is 16.8 Å². The van der Waals surface area contributed by atoms with E-state index in [1.165, 1.54) is 13.1 Å². The molecule has 1 amide bonds. The van der Waals surface area contributed by atoms with Crippen molar-refractivity contribution < 1.29 is 13.2 Å². The molecule has 0 spiro atoms. The fraction of sp³-hybridized carbons (Fsp3) is 0.588. The molecule has 1 rings (SSSR count). The molecule has 5 nitrogen and oxygen atoms in total. The number of hydrogen-bond acceptors (Lipinski definition) is 3. The van der Waals surface area contributed by atoms with Crippen LogP contribution in [0.2, 0.25) is 0 Å². The summed E-state index contributed by atoms with van der Waals surface area (Å²) in [5.41, 5.74) is 1.85. The van der Waals surface area contributed by atoms with Crippen LogP contribution in [0.5, 0.6) is 0 Å². The van der Waals surface area contributed by atoms with Crippen LogP contribution in [0.15, 0.2) is 17.0 Å². The van der Waals surface area contributed by atoms with Gasteiger partial charge in [-0.05, 0) is 63.4 Å². The maximum absolute atomic E-state index is 12.7. The van der Waals surface area contributed by atoms with Crippen LogP contribution in [-0.4, -0.2) is 39.4 Å². The lowest BCUT2D eigenvalue weighted by molar-refractivity contribution is 0.0728. The van der Waals surface area contributed by atoms with Crippen LogP contribution in [0, 0.1) is 19.8 Å². The van der Waals surface area contributed by atoms with Gasteiger partial charge in [0.1, 0.15) is 0 Å². The number of amides is 1. The Bertz CT molecular complexity index is 681. The van der Waals surface area contributed by atoms with E-state index in [1.807, 2.05) is 13.8 Å². The monoisotopic (exact) mass is 340 g/mol. The first-order valence-corrected chi connectivity index (χ1v) is 9.31. The zero-order valence-corrected chi connectivity index (χ0v) is 15.9. The van der Waals surface area contributed by atoms with E-state index in [0.717, 1.165) is 12.0 Å². The standard InChI is InChI=1S/C17H28N2O3S/c1-11(2)8-13(4)19(7)17(20)15-9-12(3)14(5)16(10-15)23(21,22)18-6/h9-11,13,18H,8H2,1-7H3. The summed E-state index contributed by atoms with van der Waals surface area (Å²) in [4.78, 5) is 14.6. The number of aryl methyl sites for hydroxylation is 1. The molecule has 6 heteroatoms. The topological polar surface area (TPSA) is 66.5 Å². The van der Waals surface area contributed by atoms with E-state index in [2.05, 4.69) is 18.6 Å². The Morgan fingerprint density at radius 3 is 2.26 bits per heavy atom. The van der Waals surface area contributed by atoms with Crippen LogP contribution in [0.1, 0.15) is 48.7 Å². The highest BCUT2D eigenvalue weighted by atomic mass is 32.2. The van der Waals surface area contributed by atoms with Gasteiger partial charge in [-0.3, -0.25) is 4.79 Å². The Labute approximate surface area is 140 Å². The van der Waals surface area contributed by atoms with Gasteiger partial charge in [-0.25, -0.2) is 13.1 Å². The van der Waals surface area contributed by atoms with E-state index in [0.29, 0.717) is 17.0 Å². The molecule has 1 unspecified atom stereocenters. The van der Waals surface area contributed by atoms with Gasteiger partial charge in [-0.15, -0.1) is 0 Å². The molecule has 0 saturated carbocycles. The van der Waals surface area contributed by atoms with Crippen molar-refractivity contribution in [3.05, 3.63) is 28.8 Å². The Morgan fingerprint density at radius 1 is 1.22 bits per heavy atom. The van der Waals surface area contributed by atoms with E-state index in [9.17, 15) is 13.2 Å². The van der Waals surface area contributed by atoms with Gasteiger partial charge >= 0.3 is 0 Å². The van der Waals surface area contributed by atoms with Gasteiger partial charge in [0.2, 0.25) is 10.0 Å². The summed E-state index contributed by atoms with van der Waals surface area (Å²) in [6.45, 7) is 9.80. The Hall–Kier alpha value is -1.40. The predicted octanol–water partition coefficient (Wildman–Crippen LogP) is 2.72. The summed E-state index contributed by atoms with van der Waals surface area (Å²) in [6, 6.07) is 3.31. The minimum atomic E-state index is -3.59. The Kier molecular flexibility index (Phi) is 6.36. The molecule has 0 radical (unpaired) electrons. The molecular weight excluding hydrogens is 312 g/mol. The van der Waals surface area contributed by atoms with Gasteiger partial charge in [0.15, 0.2) is 0 Å². The molecule has 1 aromatic rings. The zero-order chi connectivity index (χ0) is 17.9. The molecule has 0 aliphatic carbocycles. The maximum atomic E-state index is 12.7. The lowest BCUT2D eigenvalue weighted by atomic mass is 10.0. The molecule has 1 atom stereocenters. The fourth-order valence-electron chi connectivity index (χ4n) is 2.58. The number of benzene rings is 1. The first kappa shape index (κ1) is 19.6. The number of nitrogens with one attached hydrogen (secondary N) is 1. The van der Waals surface area contributed by atoms with Crippen molar-refractivity contribution in [1.82, 2.24) is 9.62 Å². The molecular formula is C17H28N2O3S. The smallest absolute Gasteiger partial charge is 0.253 e. The van der Waals surface area contributed by atoms with Gasteiger partial charge in [0.25, 0.3) is 5.91 Å². The number of nitrogens with zero attached hydrogens (tertiary/aromatic N) is 1. The third kappa shape index (κ3) is 4.54. The summed E-state index contributed by atoms with van der Waals surface area (Å²) in [5.74, 6) is 0.328. The second-order valence-corrected chi connectivity index (χ2v) is 8.37. The average molecular weight is 340 g/mol. The second kappa shape index (κ2) is 7.45. The molecule has 0 heterocycles. The summed E-state index contributed by atoms with van der Waals surface area (Å²) in [6.07, 6.45) is 0.898. The highest BCUT2D eigenvalue weighted by Crippen LogP contribution is 2.22. The normalized spacial score (nSPS) is 13.2. The lowest BCUT2D eigenvalue weighted by Gasteiger charge is -2.27. The highest BCUT2D eigenvalue weighted by Gasteiger charge is 2.23. The van der Waals surface area contributed by atoms with E-state index in [1.54, 1.807) is 24.9 Å². The molecule has 0 bridgehead atoms. The van der Waals surface area contributed by atoms with Gasteiger partial charge in [0.05, 0.1) is 4.90 Å². The third-order valence-corrected chi connectivity index (χ3v) is 5.76. The number of carbonyl (C=O) groups excluding carboxylic acids is 1. The fourth-order valence-corrected chi connectivity index (χ4v) is 3.65. The first-order valence-electron chi connectivity index (χ1n) is 7.83. The molecule has 23 heavy (non-hydrogen) atoms. The van der Waals surface area contributed by atoms with Crippen LogP contribution in [0.3, 0.4) is 0 Å². The van der Waals surface area contributed by atoms with E-state index in [4.69, 9.17) is 0 Å². The molecule has 0 aromatic heterocycles. The number of hydrogen-bond donors (Lipinski definition) is 1. The molecule has 130 valence electrons. The molecule has 1 N–H and O–H groups in total. The van der Waals surface area contributed by atoms with Gasteiger partial charge in [0, 0.05) is 18.7 Å². The van der Waals surface area contributed by atoms with Crippen molar-refractivity contribution in [1.29, 1.82) is 0 Å². The molecule has 1 aromatic carbocycles. The van der Waals surface area contributed by atoms with Crippen LogP contribution in [-0.2, 0) is 10.0 Å². The van der Waals surface area contributed by atoms with Crippen molar-refractivity contribution in [2.24, 2.45) is 5.92 Å². The van der Waals surface area contributed by atoms with Crippen molar-refractivity contribution in [2.45, 2.75) is 52.0 Å². The van der Waals surface area contributed by atoms with Crippen LogP contribution < -0.4 is 4.72 Å². The zero-order valence-electron chi connectivity index (χ0n) is 15.1. The Balaban J connectivity index is 3.26.